The summed E-state index contributed by atoms with van der Waals surface area (Å²) in [7, 11) is 0. The van der Waals surface area contributed by atoms with Crippen LogP contribution in [0.5, 0.6) is 0 Å². The summed E-state index contributed by atoms with van der Waals surface area (Å²) in [5, 5.41) is 18.4. The summed E-state index contributed by atoms with van der Waals surface area (Å²) in [4.78, 5) is 6.75. The molecule has 0 saturated heterocycles. The third kappa shape index (κ3) is 2.23. The number of rotatable bonds is 4. The Morgan fingerprint density at radius 2 is 1.95 bits per heavy atom. The Morgan fingerprint density at radius 1 is 1.15 bits per heavy atom. The smallest absolute Gasteiger partial charge is 0.131 e. The highest BCUT2D eigenvalue weighted by molar-refractivity contribution is 5.75. The average molecular weight is 269 g/mol. The summed E-state index contributed by atoms with van der Waals surface area (Å²) >= 11 is 0. The zero-order valence-corrected chi connectivity index (χ0v) is 11.1. The van der Waals surface area contributed by atoms with Gasteiger partial charge in [0.2, 0.25) is 0 Å². The van der Waals surface area contributed by atoms with Crippen LogP contribution in [0.4, 0.5) is 0 Å². The maximum absolute atomic E-state index is 10.4. The van der Waals surface area contributed by atoms with E-state index in [-0.39, 0.29) is 0 Å². The number of fused-ring (bicyclic) bond motifs is 1. The van der Waals surface area contributed by atoms with E-state index in [1.165, 1.54) is 4.85 Å². The average Bonchev–Trinajstić information content (AvgIpc) is 2.90. The normalized spacial score (nSPS) is 12.5. The van der Waals surface area contributed by atoms with Crippen molar-refractivity contribution < 1.29 is 9.94 Å². The minimum absolute atomic E-state index is 0.504. The van der Waals surface area contributed by atoms with Gasteiger partial charge in [-0.3, -0.25) is 0 Å². The molecule has 20 heavy (non-hydrogen) atoms. The number of hydrogen-bond acceptors (Lipinski definition) is 4. The molecule has 0 aliphatic heterocycles. The molecule has 2 aromatic carbocycles. The Balaban J connectivity index is 2.01. The third-order valence-corrected chi connectivity index (χ3v) is 3.12. The lowest BCUT2D eigenvalue weighted by Crippen LogP contribution is -2.12. The molecule has 5 heteroatoms. The first kappa shape index (κ1) is 12.6. The molecule has 0 bridgehead atoms. The fraction of sp³-hybridized carbons (Fsp3) is 0.200. The molecule has 0 amide bonds. The van der Waals surface area contributed by atoms with Gasteiger partial charge in [-0.1, -0.05) is 41.2 Å². The van der Waals surface area contributed by atoms with E-state index in [1.807, 2.05) is 55.5 Å². The fourth-order valence-corrected chi connectivity index (χ4v) is 2.13. The molecule has 0 aliphatic rings. The predicted molar refractivity (Wildman–Crippen MR) is 75.2 cm³/mol. The van der Waals surface area contributed by atoms with Crippen LogP contribution in [0, 0.1) is 0 Å². The van der Waals surface area contributed by atoms with Gasteiger partial charge in [0.25, 0.3) is 0 Å². The second kappa shape index (κ2) is 5.30. The van der Waals surface area contributed by atoms with Crippen molar-refractivity contribution in [2.24, 2.45) is 0 Å². The largest absolute Gasteiger partial charge is 0.395 e. The zero-order valence-electron chi connectivity index (χ0n) is 11.1. The lowest BCUT2D eigenvalue weighted by Gasteiger charge is -2.11. The van der Waals surface area contributed by atoms with Crippen molar-refractivity contribution in [3.8, 4) is 0 Å². The number of benzene rings is 2. The number of aromatic nitrogens is 3. The van der Waals surface area contributed by atoms with Gasteiger partial charge in [0, 0.05) is 0 Å². The number of hydrogen-bond donors (Lipinski definition) is 1. The maximum Gasteiger partial charge on any atom is 0.131 e. The Morgan fingerprint density at radius 3 is 2.70 bits per heavy atom. The van der Waals surface area contributed by atoms with Crippen molar-refractivity contribution in [2.75, 3.05) is 6.61 Å². The predicted octanol–water partition coefficient (Wildman–Crippen LogP) is 1.96. The van der Waals surface area contributed by atoms with E-state index >= 15 is 0 Å². The Bertz CT molecular complexity index is 709. The van der Waals surface area contributed by atoms with Crippen LogP contribution in [0.2, 0.25) is 0 Å². The van der Waals surface area contributed by atoms with E-state index in [4.69, 9.17) is 4.84 Å². The van der Waals surface area contributed by atoms with E-state index in [9.17, 15) is 5.11 Å². The molecule has 0 saturated carbocycles. The topological polar surface area (TPSA) is 60.2 Å². The lowest BCUT2D eigenvalue weighted by molar-refractivity contribution is 0.0979. The van der Waals surface area contributed by atoms with Crippen LogP contribution in [-0.4, -0.2) is 26.9 Å². The van der Waals surface area contributed by atoms with Crippen LogP contribution >= 0.6 is 0 Å². The summed E-state index contributed by atoms with van der Waals surface area (Å²) in [5.74, 6) is 0. The van der Waals surface area contributed by atoms with E-state index in [0.29, 0.717) is 6.61 Å². The van der Waals surface area contributed by atoms with Crippen molar-refractivity contribution >= 4 is 11.0 Å². The molecule has 3 aromatic rings. The van der Waals surface area contributed by atoms with Crippen molar-refractivity contribution in [3.63, 3.8) is 0 Å². The van der Waals surface area contributed by atoms with Gasteiger partial charge in [0.05, 0.1) is 0 Å². The van der Waals surface area contributed by atoms with E-state index in [0.717, 1.165) is 22.2 Å². The molecule has 3 rings (SSSR count). The first-order valence-corrected chi connectivity index (χ1v) is 6.51. The van der Waals surface area contributed by atoms with Crippen LogP contribution in [-0.2, 0) is 0 Å². The van der Waals surface area contributed by atoms with Crippen molar-refractivity contribution in [2.45, 2.75) is 13.0 Å². The van der Waals surface area contributed by atoms with Gasteiger partial charge in [0.15, 0.2) is 0 Å². The molecular formula is C15H15N3O2. The van der Waals surface area contributed by atoms with Gasteiger partial charge >= 0.3 is 0 Å². The molecule has 0 fully saturated rings. The quantitative estimate of drug-likeness (QED) is 0.786. The first-order chi connectivity index (χ1) is 9.79. The van der Waals surface area contributed by atoms with Crippen molar-refractivity contribution in [1.29, 1.82) is 0 Å². The van der Waals surface area contributed by atoms with E-state index in [1.54, 1.807) is 0 Å². The molecule has 5 nitrogen and oxygen atoms in total. The zero-order chi connectivity index (χ0) is 13.9. The van der Waals surface area contributed by atoms with Gasteiger partial charge in [-0.25, -0.2) is 0 Å². The van der Waals surface area contributed by atoms with Crippen molar-refractivity contribution in [1.82, 2.24) is 15.2 Å². The van der Waals surface area contributed by atoms with Gasteiger partial charge in [-0.2, -0.15) is 0 Å². The summed E-state index contributed by atoms with van der Waals surface area (Å²) in [5.41, 5.74) is 3.12. The van der Waals surface area contributed by atoms with Gasteiger partial charge in [-0.05, 0) is 35.4 Å². The summed E-state index contributed by atoms with van der Waals surface area (Å²) in [6, 6.07) is 15.1. The maximum atomic E-state index is 10.4. The van der Waals surface area contributed by atoms with Gasteiger partial charge in [-0.15, -0.1) is 5.10 Å². The summed E-state index contributed by atoms with van der Waals surface area (Å²) < 4.78 is 0. The molecule has 1 aromatic heterocycles. The molecular weight excluding hydrogens is 254 g/mol. The molecule has 1 atom stereocenters. The molecule has 0 aliphatic carbocycles. The number of aliphatic hydroxyl groups is 1. The minimum Gasteiger partial charge on any atom is -0.395 e. The Hall–Kier alpha value is -2.40. The highest BCUT2D eigenvalue weighted by Gasteiger charge is 2.13. The third-order valence-electron chi connectivity index (χ3n) is 3.12. The first-order valence-electron chi connectivity index (χ1n) is 6.51. The minimum atomic E-state index is -0.675. The van der Waals surface area contributed by atoms with Crippen LogP contribution in [0.15, 0.2) is 48.5 Å². The fourth-order valence-electron chi connectivity index (χ4n) is 2.13. The van der Waals surface area contributed by atoms with Crippen LogP contribution < -0.4 is 4.84 Å². The van der Waals surface area contributed by atoms with E-state index in [2.05, 4.69) is 10.3 Å². The lowest BCUT2D eigenvalue weighted by atomic mass is 10.0. The summed E-state index contributed by atoms with van der Waals surface area (Å²) in [6.07, 6.45) is -0.675. The SMILES string of the molecule is CCOn1nnc2ccc(C(O)c3ccccc3)cc21. The Kier molecular flexibility index (Phi) is 3.35. The van der Waals surface area contributed by atoms with Crippen molar-refractivity contribution in [3.05, 3.63) is 59.7 Å². The van der Waals surface area contributed by atoms with Gasteiger partial charge < -0.3 is 9.94 Å². The standard InChI is InChI=1S/C15H15N3O2/c1-2-20-18-14-10-12(8-9-13(14)16-17-18)15(19)11-6-4-3-5-7-11/h3-10,15,19H,2H2,1H3. The highest BCUT2D eigenvalue weighted by atomic mass is 16.7. The highest BCUT2D eigenvalue weighted by Crippen LogP contribution is 2.24. The monoisotopic (exact) mass is 269 g/mol. The number of nitrogens with zero attached hydrogens (tertiary/aromatic N) is 3. The molecule has 102 valence electrons. The van der Waals surface area contributed by atoms with Crippen LogP contribution in [0.1, 0.15) is 24.2 Å². The second-order valence-electron chi connectivity index (χ2n) is 4.44. The van der Waals surface area contributed by atoms with E-state index < -0.39 is 6.10 Å². The van der Waals surface area contributed by atoms with Gasteiger partial charge in [0.1, 0.15) is 23.7 Å². The number of aliphatic hydroxyl groups excluding tert-OH is 1. The summed E-state index contributed by atoms with van der Waals surface area (Å²) in [6.45, 7) is 2.39. The second-order valence-corrected chi connectivity index (χ2v) is 4.44. The Labute approximate surface area is 116 Å². The van der Waals surface area contributed by atoms with Crippen LogP contribution in [0.25, 0.3) is 11.0 Å². The van der Waals surface area contributed by atoms with Crippen LogP contribution in [0.3, 0.4) is 0 Å². The molecule has 1 unspecified atom stereocenters. The molecule has 0 spiro atoms. The molecule has 1 N–H and O–H groups in total. The molecule has 0 radical (unpaired) electrons. The molecule has 1 heterocycles.